The van der Waals surface area contributed by atoms with Crippen molar-refractivity contribution >= 4 is 6.09 Å². The number of fused-ring (bicyclic) bond motifs is 1. The van der Waals surface area contributed by atoms with E-state index in [4.69, 9.17) is 0 Å². The second kappa shape index (κ2) is 5.21. The maximum atomic E-state index is 11.3. The highest BCUT2D eigenvalue weighted by molar-refractivity contribution is 5.66. The van der Waals surface area contributed by atoms with E-state index < -0.39 is 6.09 Å². The minimum Gasteiger partial charge on any atom is -0.465 e. The van der Waals surface area contributed by atoms with Crippen LogP contribution in [-0.2, 0) is 6.42 Å². The van der Waals surface area contributed by atoms with E-state index >= 15 is 0 Å². The molecule has 0 radical (unpaired) electrons. The van der Waals surface area contributed by atoms with Crippen LogP contribution in [0.15, 0.2) is 24.3 Å². The number of carboxylic acid groups (broad SMARTS) is 1. The van der Waals surface area contributed by atoms with Crippen LogP contribution in [0.4, 0.5) is 4.79 Å². The van der Waals surface area contributed by atoms with Gasteiger partial charge in [-0.15, -0.1) is 0 Å². The van der Waals surface area contributed by atoms with Crippen molar-refractivity contribution in [2.75, 3.05) is 6.54 Å². The molecule has 1 amide bonds. The maximum absolute atomic E-state index is 11.3. The number of unbranched alkanes of at least 4 members (excludes halogenated alkanes) is 1. The summed E-state index contributed by atoms with van der Waals surface area (Å²) in [6.07, 6.45) is 3.15. The van der Waals surface area contributed by atoms with Gasteiger partial charge >= 0.3 is 6.09 Å². The fourth-order valence-electron chi connectivity index (χ4n) is 2.59. The summed E-state index contributed by atoms with van der Waals surface area (Å²) in [5.74, 6) is 0. The maximum Gasteiger partial charge on any atom is 0.407 e. The predicted octanol–water partition coefficient (Wildman–Crippen LogP) is 3.45. The molecule has 1 heterocycles. The van der Waals surface area contributed by atoms with Crippen LogP contribution in [0.1, 0.15) is 43.4 Å². The van der Waals surface area contributed by atoms with E-state index in [1.54, 1.807) is 4.90 Å². The van der Waals surface area contributed by atoms with Gasteiger partial charge in [0, 0.05) is 6.54 Å². The SMILES string of the molecule is CCCCC1c2ccccc2CCN1C(=O)O. The topological polar surface area (TPSA) is 40.5 Å². The van der Waals surface area contributed by atoms with Crippen LogP contribution >= 0.6 is 0 Å². The summed E-state index contributed by atoms with van der Waals surface area (Å²) < 4.78 is 0. The van der Waals surface area contributed by atoms with Crippen LogP contribution in [0.2, 0.25) is 0 Å². The van der Waals surface area contributed by atoms with E-state index in [0.29, 0.717) is 6.54 Å². The molecule has 0 fully saturated rings. The molecule has 1 atom stereocenters. The Balaban J connectivity index is 2.28. The summed E-state index contributed by atoms with van der Waals surface area (Å²) in [4.78, 5) is 12.9. The van der Waals surface area contributed by atoms with Crippen LogP contribution in [-0.4, -0.2) is 22.6 Å². The van der Waals surface area contributed by atoms with Gasteiger partial charge < -0.3 is 10.0 Å². The van der Waals surface area contributed by atoms with E-state index in [-0.39, 0.29) is 6.04 Å². The van der Waals surface area contributed by atoms with Gasteiger partial charge in [-0.05, 0) is 24.0 Å². The largest absolute Gasteiger partial charge is 0.465 e. The van der Waals surface area contributed by atoms with Gasteiger partial charge in [-0.2, -0.15) is 0 Å². The molecule has 1 aliphatic heterocycles. The van der Waals surface area contributed by atoms with Crippen molar-refractivity contribution in [1.29, 1.82) is 0 Å². The number of nitrogens with zero attached hydrogens (tertiary/aromatic N) is 1. The first-order valence-electron chi connectivity index (χ1n) is 6.31. The number of amides is 1. The van der Waals surface area contributed by atoms with Gasteiger partial charge in [0.2, 0.25) is 0 Å². The highest BCUT2D eigenvalue weighted by Gasteiger charge is 2.29. The van der Waals surface area contributed by atoms with Crippen molar-refractivity contribution in [3.05, 3.63) is 35.4 Å². The lowest BCUT2D eigenvalue weighted by Crippen LogP contribution is -2.39. The number of carbonyl (C=O) groups is 1. The molecule has 0 spiro atoms. The van der Waals surface area contributed by atoms with Gasteiger partial charge in [-0.3, -0.25) is 0 Å². The van der Waals surface area contributed by atoms with Crippen LogP contribution in [0, 0.1) is 0 Å². The van der Waals surface area contributed by atoms with Crippen molar-refractivity contribution in [3.63, 3.8) is 0 Å². The number of hydrogen-bond donors (Lipinski definition) is 1. The minimum absolute atomic E-state index is 0.0531. The molecule has 0 saturated carbocycles. The van der Waals surface area contributed by atoms with Gasteiger partial charge in [0.1, 0.15) is 0 Å². The summed E-state index contributed by atoms with van der Waals surface area (Å²) in [6.45, 7) is 2.76. The van der Waals surface area contributed by atoms with Crippen LogP contribution in [0.25, 0.3) is 0 Å². The molecule has 1 N–H and O–H groups in total. The lowest BCUT2D eigenvalue weighted by molar-refractivity contribution is 0.116. The Morgan fingerprint density at radius 3 is 2.94 bits per heavy atom. The molecule has 2 rings (SSSR count). The highest BCUT2D eigenvalue weighted by atomic mass is 16.4. The predicted molar refractivity (Wildman–Crippen MR) is 67.1 cm³/mol. The van der Waals surface area contributed by atoms with Gasteiger partial charge in [-0.25, -0.2) is 4.79 Å². The summed E-state index contributed by atoms with van der Waals surface area (Å²) in [5.41, 5.74) is 2.51. The van der Waals surface area contributed by atoms with Gasteiger partial charge in [0.05, 0.1) is 6.04 Å². The molecular formula is C14H19NO2. The van der Waals surface area contributed by atoms with Gasteiger partial charge in [-0.1, -0.05) is 44.0 Å². The third-order valence-electron chi connectivity index (χ3n) is 3.49. The normalized spacial score (nSPS) is 18.9. The fraction of sp³-hybridized carbons (Fsp3) is 0.500. The van der Waals surface area contributed by atoms with E-state index in [9.17, 15) is 9.90 Å². The lowest BCUT2D eigenvalue weighted by Gasteiger charge is -2.35. The van der Waals surface area contributed by atoms with Crippen molar-refractivity contribution in [2.24, 2.45) is 0 Å². The Bertz CT molecular complexity index is 403. The first-order valence-corrected chi connectivity index (χ1v) is 6.31. The van der Waals surface area contributed by atoms with Gasteiger partial charge in [0.15, 0.2) is 0 Å². The zero-order valence-electron chi connectivity index (χ0n) is 10.2. The summed E-state index contributed by atoms with van der Waals surface area (Å²) in [6, 6.07) is 8.28. The minimum atomic E-state index is -0.791. The van der Waals surface area contributed by atoms with Gasteiger partial charge in [0.25, 0.3) is 0 Å². The summed E-state index contributed by atoms with van der Waals surface area (Å²) >= 11 is 0. The van der Waals surface area contributed by atoms with Crippen LogP contribution in [0.3, 0.4) is 0 Å². The third kappa shape index (κ3) is 2.43. The second-order valence-corrected chi connectivity index (χ2v) is 4.58. The number of rotatable bonds is 3. The summed E-state index contributed by atoms with van der Waals surface area (Å²) in [5, 5.41) is 9.26. The van der Waals surface area contributed by atoms with Crippen molar-refractivity contribution in [2.45, 2.75) is 38.6 Å². The standard InChI is InChI=1S/C14H19NO2/c1-2-3-8-13-12-7-5-4-6-11(12)9-10-15(13)14(16)17/h4-7,13H,2-3,8-10H2,1H3,(H,16,17). The van der Waals surface area contributed by atoms with Crippen molar-refractivity contribution in [3.8, 4) is 0 Å². The Hall–Kier alpha value is -1.51. The van der Waals surface area contributed by atoms with Crippen molar-refractivity contribution in [1.82, 2.24) is 4.90 Å². The first-order chi connectivity index (χ1) is 8.24. The Kier molecular flexibility index (Phi) is 3.67. The van der Waals surface area contributed by atoms with Crippen molar-refractivity contribution < 1.29 is 9.90 Å². The zero-order valence-corrected chi connectivity index (χ0v) is 10.2. The lowest BCUT2D eigenvalue weighted by atomic mass is 9.90. The molecule has 3 heteroatoms. The van der Waals surface area contributed by atoms with E-state index in [1.165, 1.54) is 11.1 Å². The fourth-order valence-corrected chi connectivity index (χ4v) is 2.59. The van der Waals surface area contributed by atoms with E-state index in [0.717, 1.165) is 25.7 Å². The first kappa shape index (κ1) is 12.0. The second-order valence-electron chi connectivity index (χ2n) is 4.58. The monoisotopic (exact) mass is 233 g/mol. The molecule has 0 bridgehead atoms. The quantitative estimate of drug-likeness (QED) is 0.868. The number of benzene rings is 1. The number of hydrogen-bond acceptors (Lipinski definition) is 1. The summed E-state index contributed by atoms with van der Waals surface area (Å²) in [7, 11) is 0. The third-order valence-corrected chi connectivity index (χ3v) is 3.49. The van der Waals surface area contributed by atoms with E-state index in [2.05, 4.69) is 19.1 Å². The van der Waals surface area contributed by atoms with Crippen LogP contribution < -0.4 is 0 Å². The molecule has 0 saturated heterocycles. The van der Waals surface area contributed by atoms with Crippen LogP contribution in [0.5, 0.6) is 0 Å². The average molecular weight is 233 g/mol. The Morgan fingerprint density at radius 1 is 1.47 bits per heavy atom. The smallest absolute Gasteiger partial charge is 0.407 e. The molecular weight excluding hydrogens is 214 g/mol. The molecule has 1 aromatic carbocycles. The molecule has 1 aromatic rings. The zero-order chi connectivity index (χ0) is 12.3. The Labute approximate surface area is 102 Å². The molecule has 1 unspecified atom stereocenters. The van der Waals surface area contributed by atoms with E-state index in [1.807, 2.05) is 12.1 Å². The molecule has 1 aliphatic rings. The molecule has 92 valence electrons. The molecule has 3 nitrogen and oxygen atoms in total. The average Bonchev–Trinajstić information content (AvgIpc) is 2.35. The highest BCUT2D eigenvalue weighted by Crippen LogP contribution is 2.33. The molecule has 17 heavy (non-hydrogen) atoms. The molecule has 0 aliphatic carbocycles. The Morgan fingerprint density at radius 2 is 2.24 bits per heavy atom. The molecule has 0 aromatic heterocycles.